The fourth-order valence-corrected chi connectivity index (χ4v) is 4.46. The lowest BCUT2D eigenvalue weighted by Gasteiger charge is -2.15. The Morgan fingerprint density at radius 2 is 1.86 bits per heavy atom. The summed E-state index contributed by atoms with van der Waals surface area (Å²) in [5.74, 6) is -2.36. The maximum atomic E-state index is 14.6. The summed E-state index contributed by atoms with van der Waals surface area (Å²) in [5.41, 5.74) is -0.760. The molecule has 5 N–H and O–H groups in total. The number of hydrogen-bond donors (Lipinski definition) is 5. The van der Waals surface area contributed by atoms with Crippen molar-refractivity contribution in [3.8, 4) is 5.88 Å². The number of nitrogens with zero attached hydrogens (tertiary/aromatic N) is 1. The van der Waals surface area contributed by atoms with Crippen molar-refractivity contribution in [2.45, 2.75) is 24.6 Å². The van der Waals surface area contributed by atoms with Gasteiger partial charge in [0.15, 0.2) is 5.17 Å². The van der Waals surface area contributed by atoms with Gasteiger partial charge in [-0.05, 0) is 25.1 Å². The fourth-order valence-electron chi connectivity index (χ4n) is 3.46. The highest BCUT2D eigenvalue weighted by molar-refractivity contribution is 8.15. The second-order valence-electron chi connectivity index (χ2n) is 7.74. The number of aromatic amines is 2. The summed E-state index contributed by atoms with van der Waals surface area (Å²) >= 11 is 0.939. The molecule has 180 valence electrons. The number of carbonyl (C=O) groups is 2. The molecule has 35 heavy (non-hydrogen) atoms. The number of benzene rings is 2. The highest BCUT2D eigenvalue weighted by Crippen LogP contribution is 2.32. The number of anilines is 1. The Kier molecular flexibility index (Phi) is 6.82. The molecule has 0 aliphatic carbocycles. The van der Waals surface area contributed by atoms with Gasteiger partial charge >= 0.3 is 5.69 Å². The summed E-state index contributed by atoms with van der Waals surface area (Å²) in [6.07, 6.45) is -0.155. The first kappa shape index (κ1) is 24.0. The number of aliphatic imine (C=N–C) groups is 1. The van der Waals surface area contributed by atoms with Crippen LogP contribution in [0.4, 0.5) is 10.1 Å². The van der Waals surface area contributed by atoms with Gasteiger partial charge < -0.3 is 15.7 Å². The van der Waals surface area contributed by atoms with Crippen LogP contribution < -0.4 is 21.9 Å². The van der Waals surface area contributed by atoms with Crippen molar-refractivity contribution in [2.24, 2.45) is 4.99 Å². The molecule has 1 aliphatic rings. The van der Waals surface area contributed by atoms with Crippen LogP contribution in [0.5, 0.6) is 5.88 Å². The molecule has 0 radical (unpaired) electrons. The van der Waals surface area contributed by atoms with Crippen LogP contribution in [0.2, 0.25) is 0 Å². The summed E-state index contributed by atoms with van der Waals surface area (Å²) in [5, 5.41) is 14.7. The van der Waals surface area contributed by atoms with E-state index in [1.807, 2.05) is 24.0 Å². The number of amides is 2. The summed E-state index contributed by atoms with van der Waals surface area (Å²) in [7, 11) is 0. The van der Waals surface area contributed by atoms with E-state index in [1.54, 1.807) is 12.1 Å². The quantitative estimate of drug-likeness (QED) is 0.350. The zero-order valence-corrected chi connectivity index (χ0v) is 19.1. The minimum absolute atomic E-state index is 0.0291. The maximum Gasteiger partial charge on any atom is 0.328 e. The van der Waals surface area contributed by atoms with E-state index in [4.69, 9.17) is 0 Å². The minimum Gasteiger partial charge on any atom is -0.494 e. The van der Waals surface area contributed by atoms with Gasteiger partial charge in [-0.25, -0.2) is 14.2 Å². The van der Waals surface area contributed by atoms with Crippen LogP contribution in [-0.2, 0) is 9.59 Å². The van der Waals surface area contributed by atoms with Crippen LogP contribution in [0.25, 0.3) is 0 Å². The first-order valence-corrected chi connectivity index (χ1v) is 11.3. The van der Waals surface area contributed by atoms with Gasteiger partial charge in [0.2, 0.25) is 17.7 Å². The molecule has 3 aromatic rings. The summed E-state index contributed by atoms with van der Waals surface area (Å²) in [6.45, 7) is 1.92. The SMILES string of the molecule is Cc1ccc(NC(=O)C[C@@H]2SC(=N[C@@H](c3ccccc3F)c3c(O)[nH]c(=O)[nH]c3=O)NC2=O)cc1. The summed E-state index contributed by atoms with van der Waals surface area (Å²) in [4.78, 5) is 57.2. The number of rotatable bonds is 6. The molecule has 0 unspecified atom stereocenters. The Bertz CT molecular complexity index is 1430. The summed E-state index contributed by atoms with van der Waals surface area (Å²) in [6, 6.07) is 11.3. The van der Waals surface area contributed by atoms with Crippen LogP contribution in [0.15, 0.2) is 63.1 Å². The molecule has 10 nitrogen and oxygen atoms in total. The average Bonchev–Trinajstić information content (AvgIpc) is 3.13. The predicted molar refractivity (Wildman–Crippen MR) is 129 cm³/mol. The first-order valence-electron chi connectivity index (χ1n) is 10.4. The van der Waals surface area contributed by atoms with E-state index in [0.29, 0.717) is 5.69 Å². The van der Waals surface area contributed by atoms with Crippen LogP contribution in [0, 0.1) is 12.7 Å². The van der Waals surface area contributed by atoms with Crippen molar-refractivity contribution >= 4 is 34.4 Å². The molecule has 2 amide bonds. The Morgan fingerprint density at radius 3 is 2.54 bits per heavy atom. The second kappa shape index (κ2) is 9.97. The molecular formula is C23H20FN5O5S. The fraction of sp³-hybridized carbons (Fsp3) is 0.174. The van der Waals surface area contributed by atoms with Crippen molar-refractivity contribution in [2.75, 3.05) is 5.32 Å². The zero-order valence-electron chi connectivity index (χ0n) is 18.3. The van der Waals surface area contributed by atoms with Gasteiger partial charge in [-0.3, -0.25) is 24.4 Å². The number of aromatic nitrogens is 2. The monoisotopic (exact) mass is 497 g/mol. The molecule has 1 saturated heterocycles. The van der Waals surface area contributed by atoms with Crippen LogP contribution in [-0.4, -0.2) is 37.3 Å². The van der Waals surface area contributed by atoms with Crippen molar-refractivity contribution in [1.29, 1.82) is 0 Å². The average molecular weight is 498 g/mol. The Morgan fingerprint density at radius 1 is 1.14 bits per heavy atom. The molecule has 0 bridgehead atoms. The number of aryl methyl sites for hydroxylation is 1. The number of hydrogen-bond acceptors (Lipinski definition) is 7. The van der Waals surface area contributed by atoms with E-state index < -0.39 is 45.7 Å². The standard InChI is InChI=1S/C23H20FN5O5S/c1-11-6-8-12(9-7-11)25-16(30)10-15-19(31)29-23(35-15)26-18(13-4-2-3-5-14(13)24)17-20(32)27-22(34)28-21(17)33/h2-9,15,18H,10H2,1H3,(H,25,30)(H,26,29,31)(H3,27,28,32,33,34)/t15-,18-/m0/s1. The molecule has 0 spiro atoms. The van der Waals surface area contributed by atoms with Gasteiger partial charge in [0.05, 0.1) is 0 Å². The normalized spacial score (nSPS) is 17.3. The van der Waals surface area contributed by atoms with E-state index in [9.17, 15) is 28.7 Å². The lowest BCUT2D eigenvalue weighted by molar-refractivity contribution is -0.122. The van der Waals surface area contributed by atoms with E-state index in [1.165, 1.54) is 18.2 Å². The third-order valence-electron chi connectivity index (χ3n) is 5.16. The molecule has 1 aliphatic heterocycles. The maximum absolute atomic E-state index is 14.6. The number of H-pyrrole nitrogens is 2. The molecule has 1 fully saturated rings. The third-order valence-corrected chi connectivity index (χ3v) is 6.26. The number of carbonyl (C=O) groups excluding carboxylic acids is 2. The summed E-state index contributed by atoms with van der Waals surface area (Å²) < 4.78 is 14.6. The number of thioether (sulfide) groups is 1. The molecule has 2 atom stereocenters. The van der Waals surface area contributed by atoms with Crippen molar-refractivity contribution in [3.05, 3.63) is 91.9 Å². The van der Waals surface area contributed by atoms with Gasteiger partial charge in [0.1, 0.15) is 22.7 Å². The van der Waals surface area contributed by atoms with Gasteiger partial charge in [0, 0.05) is 17.7 Å². The van der Waals surface area contributed by atoms with Crippen LogP contribution in [0.3, 0.4) is 0 Å². The van der Waals surface area contributed by atoms with E-state index in [2.05, 4.69) is 20.6 Å². The van der Waals surface area contributed by atoms with Crippen molar-refractivity contribution in [1.82, 2.24) is 15.3 Å². The highest BCUT2D eigenvalue weighted by Gasteiger charge is 2.34. The van der Waals surface area contributed by atoms with E-state index >= 15 is 0 Å². The third kappa shape index (κ3) is 5.49. The zero-order chi connectivity index (χ0) is 25.1. The van der Waals surface area contributed by atoms with Crippen LogP contribution >= 0.6 is 11.8 Å². The van der Waals surface area contributed by atoms with E-state index in [0.717, 1.165) is 23.4 Å². The van der Waals surface area contributed by atoms with Gasteiger partial charge in [-0.15, -0.1) is 0 Å². The largest absolute Gasteiger partial charge is 0.494 e. The minimum atomic E-state index is -1.39. The first-order chi connectivity index (χ1) is 16.7. The number of nitrogens with one attached hydrogen (secondary N) is 4. The lowest BCUT2D eigenvalue weighted by Crippen LogP contribution is -2.29. The predicted octanol–water partition coefficient (Wildman–Crippen LogP) is 1.92. The molecule has 0 saturated carbocycles. The Labute approximate surface area is 201 Å². The topological polar surface area (TPSA) is 157 Å². The highest BCUT2D eigenvalue weighted by atomic mass is 32.2. The van der Waals surface area contributed by atoms with Gasteiger partial charge in [-0.2, -0.15) is 0 Å². The molecular weight excluding hydrogens is 477 g/mol. The molecule has 1 aromatic heterocycles. The van der Waals surface area contributed by atoms with Crippen molar-refractivity contribution in [3.63, 3.8) is 0 Å². The van der Waals surface area contributed by atoms with Crippen molar-refractivity contribution < 1.29 is 19.1 Å². The Balaban J connectivity index is 1.60. The van der Waals surface area contributed by atoms with Gasteiger partial charge in [0.25, 0.3) is 5.56 Å². The molecule has 4 rings (SSSR count). The lowest BCUT2D eigenvalue weighted by atomic mass is 10.0. The molecule has 2 aromatic carbocycles. The Hall–Kier alpha value is -4.19. The number of halogens is 1. The number of aromatic hydroxyl groups is 1. The van der Waals surface area contributed by atoms with Crippen LogP contribution in [0.1, 0.15) is 29.2 Å². The van der Waals surface area contributed by atoms with Gasteiger partial charge in [-0.1, -0.05) is 47.7 Å². The van der Waals surface area contributed by atoms with E-state index in [-0.39, 0.29) is 23.1 Å². The molecule has 2 heterocycles. The molecule has 12 heteroatoms. The second-order valence-corrected chi connectivity index (χ2v) is 8.93. The smallest absolute Gasteiger partial charge is 0.328 e. The number of amidine groups is 1.